The van der Waals surface area contributed by atoms with Crippen LogP contribution >= 0.6 is 0 Å². The molecule has 0 radical (unpaired) electrons. The summed E-state index contributed by atoms with van der Waals surface area (Å²) >= 11 is 0. The highest BCUT2D eigenvalue weighted by molar-refractivity contribution is 6.00. The van der Waals surface area contributed by atoms with Crippen molar-refractivity contribution in [1.29, 1.82) is 0 Å². The molecular formula is C15H17NO3. The molecule has 0 aromatic heterocycles. The van der Waals surface area contributed by atoms with Crippen molar-refractivity contribution in [3.8, 4) is 0 Å². The van der Waals surface area contributed by atoms with Gasteiger partial charge in [0.15, 0.2) is 11.9 Å². The second-order valence-corrected chi connectivity index (χ2v) is 4.56. The second kappa shape index (κ2) is 5.80. The van der Waals surface area contributed by atoms with Crippen LogP contribution in [-0.2, 0) is 9.53 Å². The topological polar surface area (TPSA) is 49.9 Å². The molecule has 4 nitrogen and oxygen atoms in total. The fourth-order valence-corrected chi connectivity index (χ4v) is 1.90. The van der Waals surface area contributed by atoms with Crippen LogP contribution in [0.2, 0.25) is 0 Å². The molecule has 1 aromatic rings. The predicted octanol–water partition coefficient (Wildman–Crippen LogP) is 1.67. The van der Waals surface area contributed by atoms with E-state index in [1.54, 1.807) is 30.3 Å². The number of carbonyl (C=O) groups excluding carboxylic acids is 2. The van der Waals surface area contributed by atoms with Gasteiger partial charge < -0.3 is 9.64 Å². The number of ketones is 1. The fourth-order valence-electron chi connectivity index (χ4n) is 1.90. The first kappa shape index (κ1) is 13.5. The summed E-state index contributed by atoms with van der Waals surface area (Å²) in [5, 5.41) is 0. The number of hydrogen-bond donors (Lipinski definition) is 0. The van der Waals surface area contributed by atoms with E-state index in [4.69, 9.17) is 4.74 Å². The average molecular weight is 259 g/mol. The molecule has 2 rings (SSSR count). The fraction of sp³-hybridized carbons (Fsp3) is 0.333. The normalized spacial score (nSPS) is 20.7. The highest BCUT2D eigenvalue weighted by atomic mass is 16.6. The van der Waals surface area contributed by atoms with Crippen molar-refractivity contribution in [3.63, 3.8) is 0 Å². The molecule has 100 valence electrons. The van der Waals surface area contributed by atoms with Crippen LogP contribution in [0.1, 0.15) is 17.3 Å². The zero-order valence-electron chi connectivity index (χ0n) is 10.9. The lowest BCUT2D eigenvalue weighted by atomic mass is 10.1. The number of carbonyl (C=O) groups is 2. The minimum Gasteiger partial charge on any atom is -0.359 e. The summed E-state index contributed by atoms with van der Waals surface area (Å²) in [7, 11) is 0. The Hall–Kier alpha value is -1.94. The van der Waals surface area contributed by atoms with Gasteiger partial charge in [0.1, 0.15) is 0 Å². The van der Waals surface area contributed by atoms with Crippen LogP contribution < -0.4 is 0 Å². The van der Waals surface area contributed by atoms with Gasteiger partial charge in [-0.25, -0.2) is 0 Å². The molecule has 1 heterocycles. The Bertz CT molecular complexity index is 483. The maximum absolute atomic E-state index is 12.1. The molecule has 0 saturated carbocycles. The lowest BCUT2D eigenvalue weighted by Crippen LogP contribution is -2.39. The van der Waals surface area contributed by atoms with Crippen molar-refractivity contribution in [2.24, 2.45) is 0 Å². The van der Waals surface area contributed by atoms with E-state index in [0.29, 0.717) is 12.1 Å². The summed E-state index contributed by atoms with van der Waals surface area (Å²) < 4.78 is 5.16. The van der Waals surface area contributed by atoms with Gasteiger partial charge in [-0.2, -0.15) is 0 Å². The summed E-state index contributed by atoms with van der Waals surface area (Å²) in [5.41, 5.74) is 0.606. The molecule has 19 heavy (non-hydrogen) atoms. The van der Waals surface area contributed by atoms with E-state index in [1.165, 1.54) is 4.90 Å². The van der Waals surface area contributed by atoms with Crippen molar-refractivity contribution in [2.45, 2.75) is 19.1 Å². The predicted molar refractivity (Wildman–Crippen MR) is 71.9 cm³/mol. The maximum Gasteiger partial charge on any atom is 0.255 e. The molecule has 0 N–H and O–H groups in total. The number of Topliss-reactive ketones (excluding diaryl/α,β-unsaturated/α-hetero) is 1. The molecule has 4 heteroatoms. The smallest absolute Gasteiger partial charge is 0.255 e. The highest BCUT2D eigenvalue weighted by Gasteiger charge is 2.43. The lowest BCUT2D eigenvalue weighted by Gasteiger charge is -2.19. The third-order valence-electron chi connectivity index (χ3n) is 3.05. The van der Waals surface area contributed by atoms with Gasteiger partial charge >= 0.3 is 0 Å². The molecule has 1 saturated heterocycles. The van der Waals surface area contributed by atoms with E-state index in [1.807, 2.05) is 13.0 Å². The number of ether oxygens (including phenoxy) is 1. The Labute approximate surface area is 112 Å². The van der Waals surface area contributed by atoms with Crippen molar-refractivity contribution in [3.05, 3.63) is 48.6 Å². The van der Waals surface area contributed by atoms with Crippen LogP contribution in [0.25, 0.3) is 0 Å². The molecule has 0 unspecified atom stereocenters. The largest absolute Gasteiger partial charge is 0.359 e. The summed E-state index contributed by atoms with van der Waals surface area (Å²) in [5.74, 6) is -0.221. The van der Waals surface area contributed by atoms with Crippen molar-refractivity contribution >= 4 is 11.7 Å². The van der Waals surface area contributed by atoms with Crippen LogP contribution in [0.3, 0.4) is 0 Å². The molecule has 1 fully saturated rings. The standard InChI is InChI=1S/C15H17NO3/c1-3-9-16(15(18)14-11(2)19-14)10-13(17)12-7-5-4-6-8-12/h3-8,11,14H,1,9-10H2,2H3/t11-,14-/m1/s1. The first-order chi connectivity index (χ1) is 9.13. The van der Waals surface area contributed by atoms with E-state index in [2.05, 4.69) is 6.58 Å². The van der Waals surface area contributed by atoms with Gasteiger partial charge in [0.25, 0.3) is 5.91 Å². The van der Waals surface area contributed by atoms with E-state index >= 15 is 0 Å². The summed E-state index contributed by atoms with van der Waals surface area (Å²) in [6, 6.07) is 8.95. The monoisotopic (exact) mass is 259 g/mol. The summed E-state index contributed by atoms with van der Waals surface area (Å²) in [6.07, 6.45) is 1.17. The highest BCUT2D eigenvalue weighted by Crippen LogP contribution is 2.23. The van der Waals surface area contributed by atoms with Crippen LogP contribution in [0.4, 0.5) is 0 Å². The number of benzene rings is 1. The van der Waals surface area contributed by atoms with Gasteiger partial charge in [-0.1, -0.05) is 36.4 Å². The first-order valence-electron chi connectivity index (χ1n) is 6.27. The van der Waals surface area contributed by atoms with E-state index in [0.717, 1.165) is 0 Å². The molecular weight excluding hydrogens is 242 g/mol. The second-order valence-electron chi connectivity index (χ2n) is 4.56. The maximum atomic E-state index is 12.1. The van der Waals surface area contributed by atoms with Gasteiger partial charge in [0, 0.05) is 12.1 Å². The molecule has 0 aliphatic carbocycles. The SMILES string of the molecule is C=CCN(CC(=O)c1ccccc1)C(=O)[C@@H]1O[C@@H]1C. The minimum atomic E-state index is -0.400. The number of amides is 1. The molecule has 2 atom stereocenters. The van der Waals surface area contributed by atoms with Gasteiger partial charge in [0.05, 0.1) is 12.6 Å². The zero-order valence-corrected chi connectivity index (χ0v) is 10.9. The van der Waals surface area contributed by atoms with Gasteiger partial charge in [-0.05, 0) is 6.92 Å². The lowest BCUT2D eigenvalue weighted by molar-refractivity contribution is -0.131. The van der Waals surface area contributed by atoms with E-state index in [-0.39, 0.29) is 24.3 Å². The molecule has 1 amide bonds. The number of rotatable bonds is 6. The Morgan fingerprint density at radius 1 is 1.37 bits per heavy atom. The molecule has 1 aliphatic rings. The van der Waals surface area contributed by atoms with Gasteiger partial charge in [-0.3, -0.25) is 9.59 Å². The van der Waals surface area contributed by atoms with Crippen LogP contribution in [0.5, 0.6) is 0 Å². The van der Waals surface area contributed by atoms with Crippen molar-refractivity contribution < 1.29 is 14.3 Å². The third-order valence-corrected chi connectivity index (χ3v) is 3.05. The Balaban J connectivity index is 2.02. The van der Waals surface area contributed by atoms with Gasteiger partial charge in [0.2, 0.25) is 0 Å². The Morgan fingerprint density at radius 2 is 2.00 bits per heavy atom. The Morgan fingerprint density at radius 3 is 2.53 bits per heavy atom. The third kappa shape index (κ3) is 3.29. The van der Waals surface area contributed by atoms with Crippen molar-refractivity contribution in [1.82, 2.24) is 4.90 Å². The molecule has 0 spiro atoms. The van der Waals surface area contributed by atoms with Crippen LogP contribution in [0, 0.1) is 0 Å². The molecule has 1 aromatic carbocycles. The Kier molecular flexibility index (Phi) is 4.12. The van der Waals surface area contributed by atoms with E-state index in [9.17, 15) is 9.59 Å². The molecule has 0 bridgehead atoms. The quantitative estimate of drug-likeness (QED) is 0.443. The summed E-state index contributed by atoms with van der Waals surface area (Å²) in [4.78, 5) is 25.6. The summed E-state index contributed by atoms with van der Waals surface area (Å²) in [6.45, 7) is 5.86. The van der Waals surface area contributed by atoms with Crippen molar-refractivity contribution in [2.75, 3.05) is 13.1 Å². The first-order valence-corrected chi connectivity index (χ1v) is 6.27. The van der Waals surface area contributed by atoms with E-state index < -0.39 is 6.10 Å². The zero-order chi connectivity index (χ0) is 13.8. The van der Waals surface area contributed by atoms with Crippen LogP contribution in [-0.4, -0.2) is 41.9 Å². The van der Waals surface area contributed by atoms with Crippen LogP contribution in [0.15, 0.2) is 43.0 Å². The van der Waals surface area contributed by atoms with Gasteiger partial charge in [-0.15, -0.1) is 6.58 Å². The number of nitrogens with zero attached hydrogens (tertiary/aromatic N) is 1. The number of hydrogen-bond acceptors (Lipinski definition) is 3. The number of epoxide rings is 1. The molecule has 1 aliphatic heterocycles. The minimum absolute atomic E-state index is 0.0494. The average Bonchev–Trinajstić information content (AvgIpc) is 3.15.